The highest BCUT2D eigenvalue weighted by Gasteiger charge is 2.15. The largest absolute Gasteiger partial charge is 0.208 e. The van der Waals surface area contributed by atoms with Gasteiger partial charge in [0.1, 0.15) is 0 Å². The highest BCUT2D eigenvalue weighted by atomic mass is 15.0. The van der Waals surface area contributed by atoms with Crippen molar-refractivity contribution in [2.45, 2.75) is 0 Å². The van der Waals surface area contributed by atoms with E-state index in [4.69, 9.17) is 15.0 Å². The smallest absolute Gasteiger partial charge is 0.164 e. The molecule has 0 aliphatic carbocycles. The van der Waals surface area contributed by atoms with Crippen LogP contribution in [0.4, 0.5) is 0 Å². The van der Waals surface area contributed by atoms with Crippen LogP contribution < -0.4 is 0 Å². The molecule has 11 rings (SSSR count). The molecule has 0 aliphatic rings. The molecule has 0 amide bonds. The number of hydrogen-bond acceptors (Lipinski definition) is 3. The summed E-state index contributed by atoms with van der Waals surface area (Å²) in [4.78, 5) is 15.0. The second-order valence-electron chi connectivity index (χ2n) is 14.8. The summed E-state index contributed by atoms with van der Waals surface area (Å²) in [6.07, 6.45) is 0. The maximum absolute atomic E-state index is 5.04. The van der Waals surface area contributed by atoms with Crippen molar-refractivity contribution < 1.29 is 0 Å². The van der Waals surface area contributed by atoms with E-state index in [0.29, 0.717) is 17.5 Å². The molecule has 0 saturated heterocycles. The van der Waals surface area contributed by atoms with Gasteiger partial charge in [0.15, 0.2) is 17.5 Å². The molecule has 0 aliphatic heterocycles. The van der Waals surface area contributed by atoms with Crippen LogP contribution in [0.5, 0.6) is 0 Å². The zero-order chi connectivity index (χ0) is 38.4. The monoisotopic (exact) mass is 737 g/mol. The lowest BCUT2D eigenvalue weighted by atomic mass is 9.89. The molecule has 10 aromatic carbocycles. The van der Waals surface area contributed by atoms with Crippen molar-refractivity contribution in [1.29, 1.82) is 0 Å². The normalized spacial score (nSPS) is 11.4. The predicted molar refractivity (Wildman–Crippen MR) is 242 cm³/mol. The highest BCUT2D eigenvalue weighted by Crippen LogP contribution is 2.40. The summed E-state index contributed by atoms with van der Waals surface area (Å²) in [6.45, 7) is 0. The van der Waals surface area contributed by atoms with Gasteiger partial charge >= 0.3 is 0 Å². The molecule has 0 unspecified atom stereocenters. The average molecular weight is 738 g/mol. The van der Waals surface area contributed by atoms with Crippen molar-refractivity contribution in [2.75, 3.05) is 0 Å². The minimum absolute atomic E-state index is 0.639. The highest BCUT2D eigenvalue weighted by molar-refractivity contribution is 6.20. The second-order valence-corrected chi connectivity index (χ2v) is 14.8. The molecule has 0 N–H and O–H groups in total. The molecule has 3 nitrogen and oxygen atoms in total. The molecule has 3 heteroatoms. The van der Waals surface area contributed by atoms with Crippen LogP contribution in [0.2, 0.25) is 0 Å². The Kier molecular flexibility index (Phi) is 8.15. The Morgan fingerprint density at radius 2 is 0.638 bits per heavy atom. The van der Waals surface area contributed by atoms with E-state index in [1.54, 1.807) is 0 Å². The average Bonchev–Trinajstić information content (AvgIpc) is 3.31. The van der Waals surface area contributed by atoms with Crippen LogP contribution in [0.15, 0.2) is 212 Å². The Labute approximate surface area is 336 Å². The third kappa shape index (κ3) is 6.07. The topological polar surface area (TPSA) is 38.7 Å². The lowest BCUT2D eigenvalue weighted by Crippen LogP contribution is -2.00. The predicted octanol–water partition coefficient (Wildman–Crippen LogP) is 14.5. The third-order valence-electron chi connectivity index (χ3n) is 11.3. The minimum Gasteiger partial charge on any atom is -0.208 e. The summed E-state index contributed by atoms with van der Waals surface area (Å²) in [5, 5.41) is 10.0. The molecule has 0 radical (unpaired) electrons. The Balaban J connectivity index is 0.929. The molecular formula is C55H35N3. The van der Waals surface area contributed by atoms with E-state index in [-0.39, 0.29) is 0 Å². The SMILES string of the molecule is c1ccc(-c2nc(-c3ccc(-c4ccc(-c5c6ccccc6cc6c5ccc5ccccc56)cc4)cc3)nc(-c3ccc(-c4ccc5ccccc5c4)cc3)n2)cc1. The molecule has 11 aromatic rings. The zero-order valence-corrected chi connectivity index (χ0v) is 31.5. The van der Waals surface area contributed by atoms with Gasteiger partial charge in [0.05, 0.1) is 0 Å². The molecule has 1 heterocycles. The number of aromatic nitrogens is 3. The van der Waals surface area contributed by atoms with Crippen LogP contribution in [0.3, 0.4) is 0 Å². The van der Waals surface area contributed by atoms with Crippen LogP contribution in [0, 0.1) is 0 Å². The van der Waals surface area contributed by atoms with Gasteiger partial charge in [-0.1, -0.05) is 200 Å². The fraction of sp³-hybridized carbons (Fsp3) is 0. The summed E-state index contributed by atoms with van der Waals surface area (Å²) in [6, 6.07) is 75.5. The van der Waals surface area contributed by atoms with Crippen molar-refractivity contribution in [3.8, 4) is 67.5 Å². The number of fused-ring (bicyclic) bond motifs is 5. The van der Waals surface area contributed by atoms with E-state index >= 15 is 0 Å². The quantitative estimate of drug-likeness (QED) is 0.126. The molecule has 1 aromatic heterocycles. The van der Waals surface area contributed by atoms with Gasteiger partial charge in [-0.2, -0.15) is 0 Å². The Morgan fingerprint density at radius 1 is 0.207 bits per heavy atom. The molecule has 0 fully saturated rings. The summed E-state index contributed by atoms with van der Waals surface area (Å²) in [5.74, 6) is 1.93. The van der Waals surface area contributed by atoms with Gasteiger partial charge < -0.3 is 0 Å². The van der Waals surface area contributed by atoms with E-state index < -0.39 is 0 Å². The number of rotatable bonds is 6. The molecule has 58 heavy (non-hydrogen) atoms. The molecule has 0 spiro atoms. The van der Waals surface area contributed by atoms with Crippen molar-refractivity contribution in [1.82, 2.24) is 15.0 Å². The van der Waals surface area contributed by atoms with Crippen molar-refractivity contribution in [3.05, 3.63) is 212 Å². The van der Waals surface area contributed by atoms with Crippen LogP contribution in [-0.4, -0.2) is 15.0 Å². The first-order chi connectivity index (χ1) is 28.7. The molecule has 0 bridgehead atoms. The number of nitrogens with zero attached hydrogens (tertiary/aromatic N) is 3. The molecule has 270 valence electrons. The van der Waals surface area contributed by atoms with Gasteiger partial charge in [-0.05, 0) is 88.6 Å². The number of benzene rings is 10. The standard InChI is InChI=1S/C55H35N3/c1-2-12-42(13-3-1)53-56-54(58-55(57-53)44-29-22-39(23-30-44)46-31-24-36-10-4-5-14-45(36)34-46)43-27-20-38(21-28-43)37-18-25-41(26-19-37)52-49-17-9-7-15-47(49)35-51-48-16-8-6-11-40(48)32-33-50(51)52/h1-35H. The summed E-state index contributed by atoms with van der Waals surface area (Å²) in [7, 11) is 0. The first kappa shape index (κ1) is 33.6. The van der Waals surface area contributed by atoms with Crippen molar-refractivity contribution in [2.24, 2.45) is 0 Å². The first-order valence-electron chi connectivity index (χ1n) is 19.7. The summed E-state index contributed by atoms with van der Waals surface area (Å²) in [5.41, 5.74) is 9.90. The Morgan fingerprint density at radius 3 is 1.28 bits per heavy atom. The van der Waals surface area contributed by atoms with Gasteiger partial charge in [-0.3, -0.25) is 0 Å². The van der Waals surface area contributed by atoms with Gasteiger partial charge in [0.2, 0.25) is 0 Å². The lowest BCUT2D eigenvalue weighted by Gasteiger charge is -2.14. The van der Waals surface area contributed by atoms with Crippen LogP contribution >= 0.6 is 0 Å². The maximum Gasteiger partial charge on any atom is 0.164 e. The van der Waals surface area contributed by atoms with Gasteiger partial charge in [0, 0.05) is 16.7 Å². The van der Waals surface area contributed by atoms with E-state index in [1.165, 1.54) is 59.8 Å². The van der Waals surface area contributed by atoms with E-state index in [9.17, 15) is 0 Å². The number of hydrogen-bond donors (Lipinski definition) is 0. The Bertz CT molecular complexity index is 3300. The fourth-order valence-electron chi connectivity index (χ4n) is 8.30. The lowest BCUT2D eigenvalue weighted by molar-refractivity contribution is 1.07. The fourth-order valence-corrected chi connectivity index (χ4v) is 8.30. The third-order valence-corrected chi connectivity index (χ3v) is 11.3. The van der Waals surface area contributed by atoms with Gasteiger partial charge in [0.25, 0.3) is 0 Å². The van der Waals surface area contributed by atoms with E-state index in [2.05, 4.69) is 182 Å². The van der Waals surface area contributed by atoms with Gasteiger partial charge in [-0.15, -0.1) is 0 Å². The minimum atomic E-state index is 0.639. The van der Waals surface area contributed by atoms with Crippen LogP contribution in [-0.2, 0) is 0 Å². The molecule has 0 saturated carbocycles. The van der Waals surface area contributed by atoms with E-state index in [0.717, 1.165) is 33.4 Å². The second kappa shape index (κ2) is 14.1. The van der Waals surface area contributed by atoms with Crippen LogP contribution in [0.1, 0.15) is 0 Å². The maximum atomic E-state index is 5.04. The van der Waals surface area contributed by atoms with Gasteiger partial charge in [-0.25, -0.2) is 15.0 Å². The first-order valence-corrected chi connectivity index (χ1v) is 19.7. The summed E-state index contributed by atoms with van der Waals surface area (Å²) < 4.78 is 0. The summed E-state index contributed by atoms with van der Waals surface area (Å²) >= 11 is 0. The molecule has 0 atom stereocenters. The van der Waals surface area contributed by atoms with Crippen LogP contribution in [0.25, 0.3) is 111 Å². The Hall–Kier alpha value is -7.75. The zero-order valence-electron chi connectivity index (χ0n) is 31.5. The molecular weight excluding hydrogens is 703 g/mol. The van der Waals surface area contributed by atoms with Crippen molar-refractivity contribution >= 4 is 43.1 Å². The van der Waals surface area contributed by atoms with Crippen molar-refractivity contribution in [3.63, 3.8) is 0 Å². The van der Waals surface area contributed by atoms with E-state index in [1.807, 2.05) is 30.3 Å².